The maximum absolute atomic E-state index is 13.6. The fourth-order valence-corrected chi connectivity index (χ4v) is 4.73. The standard InChI is InChI=1S/C28H32N4O4/c1-18(19-11-12-24-21(15-19)20-9-5-6-10-23(20)35-24)30-22-16-29-27(31-13-7-8-14-31)32(26(22)34)17-25(33)36-28(2,3)4/h5-6,9-12,15-16,18,30H,7-8,13-14,17H2,1-4H3/t18-/m1/s1. The molecular weight excluding hydrogens is 456 g/mol. The summed E-state index contributed by atoms with van der Waals surface area (Å²) in [4.78, 5) is 32.9. The molecule has 2 aromatic heterocycles. The van der Waals surface area contributed by atoms with Gasteiger partial charge in [0.25, 0.3) is 5.56 Å². The van der Waals surface area contributed by atoms with E-state index in [4.69, 9.17) is 9.15 Å². The molecule has 1 fully saturated rings. The predicted octanol–water partition coefficient (Wildman–Crippen LogP) is 5.26. The van der Waals surface area contributed by atoms with Gasteiger partial charge in [-0.2, -0.15) is 0 Å². The number of aromatic nitrogens is 2. The zero-order chi connectivity index (χ0) is 25.4. The summed E-state index contributed by atoms with van der Waals surface area (Å²) in [7, 11) is 0. The molecule has 188 valence electrons. The van der Waals surface area contributed by atoms with Crippen molar-refractivity contribution < 1.29 is 13.9 Å². The van der Waals surface area contributed by atoms with Crippen molar-refractivity contribution in [2.75, 3.05) is 23.3 Å². The van der Waals surface area contributed by atoms with Gasteiger partial charge in [-0.25, -0.2) is 4.98 Å². The molecule has 0 aliphatic carbocycles. The lowest BCUT2D eigenvalue weighted by molar-refractivity contribution is -0.155. The van der Waals surface area contributed by atoms with Gasteiger partial charge in [0.05, 0.1) is 6.20 Å². The lowest BCUT2D eigenvalue weighted by atomic mass is 10.0. The molecule has 0 amide bonds. The summed E-state index contributed by atoms with van der Waals surface area (Å²) >= 11 is 0. The van der Waals surface area contributed by atoms with Gasteiger partial charge < -0.3 is 19.4 Å². The van der Waals surface area contributed by atoms with Crippen molar-refractivity contribution in [1.29, 1.82) is 0 Å². The SMILES string of the molecule is C[C@@H](Nc1cnc(N2CCCC2)n(CC(=O)OC(C)(C)C)c1=O)c1ccc2oc3ccccc3c2c1. The smallest absolute Gasteiger partial charge is 0.326 e. The Hall–Kier alpha value is -3.81. The molecule has 36 heavy (non-hydrogen) atoms. The van der Waals surface area contributed by atoms with Crippen LogP contribution in [0.3, 0.4) is 0 Å². The molecule has 0 unspecified atom stereocenters. The van der Waals surface area contributed by atoms with Crippen LogP contribution in [0.5, 0.6) is 0 Å². The van der Waals surface area contributed by atoms with Crippen LogP contribution in [0.1, 0.15) is 52.1 Å². The number of para-hydroxylation sites is 1. The lowest BCUT2D eigenvalue weighted by Gasteiger charge is -2.24. The molecule has 2 aromatic carbocycles. The number of carbonyl (C=O) groups is 1. The highest BCUT2D eigenvalue weighted by Crippen LogP contribution is 2.31. The van der Waals surface area contributed by atoms with E-state index >= 15 is 0 Å². The molecule has 1 atom stereocenters. The maximum Gasteiger partial charge on any atom is 0.326 e. The first-order valence-corrected chi connectivity index (χ1v) is 12.4. The van der Waals surface area contributed by atoms with Crippen LogP contribution in [0.2, 0.25) is 0 Å². The number of benzene rings is 2. The van der Waals surface area contributed by atoms with E-state index in [2.05, 4.69) is 21.3 Å². The summed E-state index contributed by atoms with van der Waals surface area (Å²) in [6, 6.07) is 13.8. The fourth-order valence-electron chi connectivity index (χ4n) is 4.73. The first kappa shape index (κ1) is 23.9. The van der Waals surface area contributed by atoms with Gasteiger partial charge in [0.2, 0.25) is 5.95 Å². The topological polar surface area (TPSA) is 89.6 Å². The van der Waals surface area contributed by atoms with Gasteiger partial charge in [0, 0.05) is 29.9 Å². The zero-order valence-electron chi connectivity index (χ0n) is 21.2. The van der Waals surface area contributed by atoms with Gasteiger partial charge in [-0.3, -0.25) is 14.2 Å². The Balaban J connectivity index is 1.46. The quantitative estimate of drug-likeness (QED) is 0.370. The largest absolute Gasteiger partial charge is 0.459 e. The minimum atomic E-state index is -0.637. The number of esters is 1. The summed E-state index contributed by atoms with van der Waals surface area (Å²) in [6.07, 6.45) is 3.64. The van der Waals surface area contributed by atoms with Gasteiger partial charge >= 0.3 is 5.97 Å². The third-order valence-corrected chi connectivity index (χ3v) is 6.40. The molecule has 0 spiro atoms. The van der Waals surface area contributed by atoms with E-state index in [0.717, 1.165) is 53.4 Å². The number of hydrogen-bond acceptors (Lipinski definition) is 7. The summed E-state index contributed by atoms with van der Waals surface area (Å²) in [6.45, 7) is 8.86. The normalized spacial score (nSPS) is 14.9. The van der Waals surface area contributed by atoms with Crippen molar-refractivity contribution >= 4 is 39.5 Å². The van der Waals surface area contributed by atoms with Crippen molar-refractivity contribution in [2.45, 2.75) is 58.7 Å². The molecule has 8 nitrogen and oxygen atoms in total. The summed E-state index contributed by atoms with van der Waals surface area (Å²) in [5, 5.41) is 5.40. The fraction of sp³-hybridized carbons (Fsp3) is 0.393. The predicted molar refractivity (Wildman–Crippen MR) is 142 cm³/mol. The van der Waals surface area contributed by atoms with Crippen LogP contribution in [-0.4, -0.2) is 34.2 Å². The third-order valence-electron chi connectivity index (χ3n) is 6.40. The lowest BCUT2D eigenvalue weighted by Crippen LogP contribution is -2.36. The Bertz CT molecular complexity index is 1470. The molecule has 4 aromatic rings. The molecule has 1 saturated heterocycles. The van der Waals surface area contributed by atoms with Crippen molar-refractivity contribution in [3.05, 3.63) is 64.6 Å². The third kappa shape index (κ3) is 4.80. The number of hydrogen-bond donors (Lipinski definition) is 1. The van der Waals surface area contributed by atoms with Crippen LogP contribution in [0.4, 0.5) is 11.6 Å². The Morgan fingerprint density at radius 2 is 1.83 bits per heavy atom. The van der Waals surface area contributed by atoms with Gasteiger partial charge in [0.15, 0.2) is 0 Å². The van der Waals surface area contributed by atoms with E-state index < -0.39 is 11.6 Å². The van der Waals surface area contributed by atoms with Crippen molar-refractivity contribution in [3.8, 4) is 0 Å². The molecule has 5 rings (SSSR count). The van der Waals surface area contributed by atoms with E-state index in [1.54, 1.807) is 6.20 Å². The molecule has 0 bridgehead atoms. The highest BCUT2D eigenvalue weighted by molar-refractivity contribution is 6.05. The number of rotatable bonds is 6. The van der Waals surface area contributed by atoms with Crippen molar-refractivity contribution in [1.82, 2.24) is 9.55 Å². The number of furan rings is 1. The minimum absolute atomic E-state index is 0.176. The van der Waals surface area contributed by atoms with Gasteiger partial charge in [0.1, 0.15) is 29.0 Å². The van der Waals surface area contributed by atoms with Crippen LogP contribution in [0.15, 0.2) is 57.9 Å². The average Bonchev–Trinajstić information content (AvgIpc) is 3.48. The Kier molecular flexibility index (Phi) is 6.20. The molecule has 1 aliphatic heterocycles. The second-order valence-corrected chi connectivity index (χ2v) is 10.4. The molecule has 0 saturated carbocycles. The monoisotopic (exact) mass is 488 g/mol. The minimum Gasteiger partial charge on any atom is -0.459 e. The molecule has 1 aliphatic rings. The summed E-state index contributed by atoms with van der Waals surface area (Å²) < 4.78 is 12.9. The Labute approximate surface area is 209 Å². The van der Waals surface area contributed by atoms with E-state index in [1.807, 2.05) is 64.1 Å². The second-order valence-electron chi connectivity index (χ2n) is 10.4. The maximum atomic E-state index is 13.6. The van der Waals surface area contributed by atoms with Crippen LogP contribution in [0, 0.1) is 0 Å². The van der Waals surface area contributed by atoms with E-state index in [9.17, 15) is 9.59 Å². The number of fused-ring (bicyclic) bond motifs is 3. The molecule has 0 radical (unpaired) electrons. The van der Waals surface area contributed by atoms with Gasteiger partial charge in [-0.05, 0) is 64.3 Å². The van der Waals surface area contributed by atoms with Gasteiger partial charge in [-0.1, -0.05) is 24.3 Å². The van der Waals surface area contributed by atoms with Crippen LogP contribution in [-0.2, 0) is 16.1 Å². The highest BCUT2D eigenvalue weighted by atomic mass is 16.6. The number of nitrogens with zero attached hydrogens (tertiary/aromatic N) is 3. The van der Waals surface area contributed by atoms with Crippen molar-refractivity contribution in [2.24, 2.45) is 0 Å². The first-order chi connectivity index (χ1) is 17.2. The van der Waals surface area contributed by atoms with Crippen LogP contribution in [0.25, 0.3) is 21.9 Å². The Morgan fingerprint density at radius 1 is 1.11 bits per heavy atom. The summed E-state index contributed by atoms with van der Waals surface area (Å²) in [5.74, 6) is 0.0437. The zero-order valence-corrected chi connectivity index (χ0v) is 21.2. The van der Waals surface area contributed by atoms with E-state index in [0.29, 0.717) is 11.6 Å². The van der Waals surface area contributed by atoms with Crippen LogP contribution < -0.4 is 15.8 Å². The number of ether oxygens (including phenoxy) is 1. The van der Waals surface area contributed by atoms with Crippen molar-refractivity contribution in [3.63, 3.8) is 0 Å². The van der Waals surface area contributed by atoms with Crippen LogP contribution >= 0.6 is 0 Å². The number of carbonyl (C=O) groups excluding carboxylic acids is 1. The summed E-state index contributed by atoms with van der Waals surface area (Å²) in [5.41, 5.74) is 2.09. The van der Waals surface area contributed by atoms with Gasteiger partial charge in [-0.15, -0.1) is 0 Å². The second kappa shape index (κ2) is 9.33. The average molecular weight is 489 g/mol. The Morgan fingerprint density at radius 3 is 2.58 bits per heavy atom. The molecule has 1 N–H and O–H groups in total. The highest BCUT2D eigenvalue weighted by Gasteiger charge is 2.24. The molecule has 3 heterocycles. The van der Waals surface area contributed by atoms with E-state index in [1.165, 1.54) is 4.57 Å². The molecular formula is C28H32N4O4. The first-order valence-electron chi connectivity index (χ1n) is 12.4. The van der Waals surface area contributed by atoms with E-state index in [-0.39, 0.29) is 18.1 Å². The number of anilines is 2. The molecule has 8 heteroatoms. The number of nitrogens with one attached hydrogen (secondary N) is 1.